The van der Waals surface area contributed by atoms with E-state index in [0.717, 1.165) is 22.5 Å². The van der Waals surface area contributed by atoms with Gasteiger partial charge in [-0.05, 0) is 67.4 Å². The van der Waals surface area contributed by atoms with Crippen molar-refractivity contribution in [3.63, 3.8) is 0 Å². The Bertz CT molecular complexity index is 1040. The number of aryl methyl sites for hydroxylation is 1. The number of rotatable bonds is 2. The quantitative estimate of drug-likeness (QED) is 0.703. The molecular weight excluding hydrogens is 374 g/mol. The van der Waals surface area contributed by atoms with Crippen molar-refractivity contribution in [3.8, 4) is 11.4 Å². The molecule has 0 atom stereocenters. The van der Waals surface area contributed by atoms with Crippen LogP contribution in [0.5, 0.6) is 0 Å². The van der Waals surface area contributed by atoms with Gasteiger partial charge in [0.2, 0.25) is 0 Å². The second kappa shape index (κ2) is 7.95. The van der Waals surface area contributed by atoms with Crippen LogP contribution < -0.4 is 5.32 Å². The van der Waals surface area contributed by atoms with Gasteiger partial charge in [0.25, 0.3) is 0 Å². The maximum atomic E-state index is 13.2. The summed E-state index contributed by atoms with van der Waals surface area (Å²) >= 11 is 0. The number of aromatic nitrogens is 2. The van der Waals surface area contributed by atoms with Crippen molar-refractivity contribution in [2.45, 2.75) is 19.8 Å². The number of benzene rings is 2. The first-order valence-corrected chi connectivity index (χ1v) is 9.43. The van der Waals surface area contributed by atoms with Crippen molar-refractivity contribution in [1.82, 2.24) is 14.9 Å². The maximum Gasteiger partial charge on any atom is 0.321 e. The minimum Gasteiger partial charge on any atom is -0.324 e. The number of fused-ring (bicyclic) bond motifs is 1. The van der Waals surface area contributed by atoms with Crippen LogP contribution in [0.3, 0.4) is 0 Å². The average molecular weight is 394 g/mol. The lowest BCUT2D eigenvalue weighted by Gasteiger charge is -2.20. The lowest BCUT2D eigenvalue weighted by atomic mass is 10.1. The van der Waals surface area contributed by atoms with Gasteiger partial charge >= 0.3 is 6.03 Å². The van der Waals surface area contributed by atoms with E-state index in [0.29, 0.717) is 37.4 Å². The fourth-order valence-corrected chi connectivity index (χ4v) is 3.45. The Labute approximate surface area is 167 Å². The number of nitrogens with zero attached hydrogens (tertiary/aromatic N) is 3. The molecule has 0 unspecified atom stereocenters. The van der Waals surface area contributed by atoms with E-state index >= 15 is 0 Å². The minimum atomic E-state index is -0.348. The predicted molar refractivity (Wildman–Crippen MR) is 107 cm³/mol. The Kier molecular flexibility index (Phi) is 5.20. The van der Waals surface area contributed by atoms with E-state index in [9.17, 15) is 13.6 Å². The lowest BCUT2D eigenvalue weighted by Crippen LogP contribution is -2.36. The molecule has 29 heavy (non-hydrogen) atoms. The minimum absolute atomic E-state index is 0.228. The molecule has 0 aliphatic carbocycles. The Morgan fingerprint density at radius 3 is 2.24 bits per heavy atom. The van der Waals surface area contributed by atoms with Crippen molar-refractivity contribution >= 4 is 11.7 Å². The van der Waals surface area contributed by atoms with Crippen LogP contribution in [-0.2, 0) is 12.8 Å². The molecule has 1 aromatic heterocycles. The summed E-state index contributed by atoms with van der Waals surface area (Å²) in [6.45, 7) is 2.99. The third kappa shape index (κ3) is 4.23. The number of nitrogens with one attached hydrogen (secondary N) is 1. The highest BCUT2D eigenvalue weighted by Gasteiger charge is 2.22. The summed E-state index contributed by atoms with van der Waals surface area (Å²) in [4.78, 5) is 23.6. The SMILES string of the molecule is Cc1nc(-c2ccc(F)cc2)nc2c1CCN(C(=O)Nc1ccc(F)cc1)CC2. The molecule has 148 valence electrons. The maximum absolute atomic E-state index is 13.2. The van der Waals surface area contributed by atoms with Crippen LogP contribution >= 0.6 is 0 Å². The molecule has 0 saturated carbocycles. The largest absolute Gasteiger partial charge is 0.324 e. The summed E-state index contributed by atoms with van der Waals surface area (Å²) in [6, 6.07) is 11.6. The molecule has 0 saturated heterocycles. The van der Waals surface area contributed by atoms with Crippen LogP contribution in [0.25, 0.3) is 11.4 Å². The van der Waals surface area contributed by atoms with Crippen LogP contribution in [0, 0.1) is 18.6 Å². The average Bonchev–Trinajstić information content (AvgIpc) is 2.93. The van der Waals surface area contributed by atoms with Crippen molar-refractivity contribution < 1.29 is 13.6 Å². The van der Waals surface area contributed by atoms with Crippen LogP contribution in [0.1, 0.15) is 17.0 Å². The molecule has 7 heteroatoms. The van der Waals surface area contributed by atoms with E-state index in [4.69, 9.17) is 0 Å². The van der Waals surface area contributed by atoms with E-state index < -0.39 is 0 Å². The number of carbonyl (C=O) groups excluding carboxylic acids is 1. The summed E-state index contributed by atoms with van der Waals surface area (Å²) in [5.74, 6) is -0.0901. The van der Waals surface area contributed by atoms with Gasteiger partial charge in [0.05, 0.1) is 0 Å². The fraction of sp³-hybridized carbons (Fsp3) is 0.227. The van der Waals surface area contributed by atoms with E-state index in [1.54, 1.807) is 17.0 Å². The number of halogens is 2. The van der Waals surface area contributed by atoms with Gasteiger partial charge in [-0.25, -0.2) is 23.5 Å². The standard InChI is InChI=1S/C22H20F2N4O/c1-14-19-10-12-28(22(29)26-18-8-6-17(24)7-9-18)13-11-20(19)27-21(25-14)15-2-4-16(23)5-3-15/h2-9H,10-13H2,1H3,(H,26,29). The molecular formula is C22H20F2N4O. The van der Waals surface area contributed by atoms with Gasteiger partial charge in [-0.1, -0.05) is 0 Å². The zero-order valence-corrected chi connectivity index (χ0v) is 16.0. The Morgan fingerprint density at radius 1 is 0.931 bits per heavy atom. The topological polar surface area (TPSA) is 58.1 Å². The summed E-state index contributed by atoms with van der Waals surface area (Å²) in [5.41, 5.74) is 4.14. The zero-order valence-electron chi connectivity index (χ0n) is 16.0. The Hall–Kier alpha value is -3.35. The predicted octanol–water partition coefficient (Wildman–Crippen LogP) is 4.36. The fourth-order valence-electron chi connectivity index (χ4n) is 3.45. The Balaban J connectivity index is 1.51. The first-order chi connectivity index (χ1) is 14.0. The molecule has 2 aromatic carbocycles. The second-order valence-corrected chi connectivity index (χ2v) is 6.99. The summed E-state index contributed by atoms with van der Waals surface area (Å²) in [5, 5.41) is 2.80. The smallest absolute Gasteiger partial charge is 0.321 e. The van der Waals surface area contributed by atoms with Crippen LogP contribution in [0.4, 0.5) is 19.3 Å². The number of hydrogen-bond acceptors (Lipinski definition) is 3. The monoisotopic (exact) mass is 394 g/mol. The van der Waals surface area contributed by atoms with Crippen LogP contribution in [-0.4, -0.2) is 34.0 Å². The first-order valence-electron chi connectivity index (χ1n) is 9.43. The molecule has 2 heterocycles. The summed E-state index contributed by atoms with van der Waals surface area (Å²) < 4.78 is 26.2. The third-order valence-electron chi connectivity index (χ3n) is 5.03. The molecule has 3 aromatic rings. The second-order valence-electron chi connectivity index (χ2n) is 6.99. The van der Waals surface area contributed by atoms with E-state index in [1.165, 1.54) is 36.4 Å². The third-order valence-corrected chi connectivity index (χ3v) is 5.03. The number of hydrogen-bond donors (Lipinski definition) is 1. The summed E-state index contributed by atoms with van der Waals surface area (Å²) in [7, 11) is 0. The number of amides is 2. The van der Waals surface area contributed by atoms with Gasteiger partial charge in [0, 0.05) is 42.1 Å². The molecule has 4 rings (SSSR count). The molecule has 1 aliphatic rings. The van der Waals surface area contributed by atoms with E-state index in [1.807, 2.05) is 6.92 Å². The Morgan fingerprint density at radius 2 is 1.55 bits per heavy atom. The highest BCUT2D eigenvalue weighted by Crippen LogP contribution is 2.23. The van der Waals surface area contributed by atoms with Crippen molar-refractivity contribution in [1.29, 1.82) is 0 Å². The van der Waals surface area contributed by atoms with E-state index in [2.05, 4.69) is 15.3 Å². The number of urea groups is 1. The van der Waals surface area contributed by atoms with E-state index in [-0.39, 0.29) is 17.7 Å². The van der Waals surface area contributed by atoms with Gasteiger partial charge in [0.1, 0.15) is 11.6 Å². The van der Waals surface area contributed by atoms with Crippen molar-refractivity contribution in [2.75, 3.05) is 18.4 Å². The van der Waals surface area contributed by atoms with Crippen LogP contribution in [0.15, 0.2) is 48.5 Å². The zero-order chi connectivity index (χ0) is 20.4. The van der Waals surface area contributed by atoms with Crippen molar-refractivity contribution in [3.05, 3.63) is 77.1 Å². The molecule has 2 amide bonds. The highest BCUT2D eigenvalue weighted by atomic mass is 19.1. The normalized spacial score (nSPS) is 13.6. The first kappa shape index (κ1) is 19.0. The molecule has 5 nitrogen and oxygen atoms in total. The lowest BCUT2D eigenvalue weighted by molar-refractivity contribution is 0.214. The summed E-state index contributed by atoms with van der Waals surface area (Å²) in [6.07, 6.45) is 1.26. The number of carbonyl (C=O) groups is 1. The van der Waals surface area contributed by atoms with Gasteiger partial charge in [-0.15, -0.1) is 0 Å². The molecule has 0 bridgehead atoms. The number of anilines is 1. The highest BCUT2D eigenvalue weighted by molar-refractivity contribution is 5.89. The van der Waals surface area contributed by atoms with Crippen molar-refractivity contribution in [2.24, 2.45) is 0 Å². The van der Waals surface area contributed by atoms with Gasteiger partial charge in [-0.3, -0.25) is 0 Å². The molecule has 0 fully saturated rings. The van der Waals surface area contributed by atoms with Gasteiger partial charge in [-0.2, -0.15) is 0 Å². The molecule has 0 spiro atoms. The van der Waals surface area contributed by atoms with Gasteiger partial charge in [0.15, 0.2) is 5.82 Å². The molecule has 0 radical (unpaired) electrons. The van der Waals surface area contributed by atoms with Crippen LogP contribution in [0.2, 0.25) is 0 Å². The van der Waals surface area contributed by atoms with Gasteiger partial charge < -0.3 is 10.2 Å². The molecule has 1 N–H and O–H groups in total. The molecule has 1 aliphatic heterocycles.